The molecule has 1 aromatic rings. The second kappa shape index (κ2) is 6.32. The second-order valence-electron chi connectivity index (χ2n) is 5.22. The van der Waals surface area contributed by atoms with E-state index in [4.69, 9.17) is 10.6 Å². The van der Waals surface area contributed by atoms with Gasteiger partial charge in [-0.3, -0.25) is 11.3 Å². The van der Waals surface area contributed by atoms with Gasteiger partial charge in [0, 0.05) is 6.61 Å². The smallest absolute Gasteiger partial charge is 0.0772 e. The van der Waals surface area contributed by atoms with Gasteiger partial charge in [0.05, 0.1) is 12.1 Å². The summed E-state index contributed by atoms with van der Waals surface area (Å²) in [6.07, 6.45) is 3.73. The molecular formula is C15H24N2O. The lowest BCUT2D eigenvalue weighted by Crippen LogP contribution is -2.47. The molecule has 3 nitrogen and oxygen atoms in total. The van der Waals surface area contributed by atoms with Gasteiger partial charge in [-0.05, 0) is 44.6 Å². The van der Waals surface area contributed by atoms with E-state index >= 15 is 0 Å². The molecule has 18 heavy (non-hydrogen) atoms. The topological polar surface area (TPSA) is 47.3 Å². The summed E-state index contributed by atoms with van der Waals surface area (Å²) in [7, 11) is 0. The predicted molar refractivity (Wildman–Crippen MR) is 74.1 cm³/mol. The Bertz CT molecular complexity index is 359. The van der Waals surface area contributed by atoms with Gasteiger partial charge >= 0.3 is 0 Å². The van der Waals surface area contributed by atoms with Crippen LogP contribution in [0.5, 0.6) is 0 Å². The van der Waals surface area contributed by atoms with Crippen LogP contribution in [0.3, 0.4) is 0 Å². The van der Waals surface area contributed by atoms with Crippen molar-refractivity contribution in [3.8, 4) is 0 Å². The highest BCUT2D eigenvalue weighted by molar-refractivity contribution is 5.22. The minimum Gasteiger partial charge on any atom is -0.377 e. The van der Waals surface area contributed by atoms with Crippen LogP contribution in [0.1, 0.15) is 30.9 Å². The van der Waals surface area contributed by atoms with Crippen molar-refractivity contribution in [1.82, 2.24) is 5.43 Å². The number of benzene rings is 1. The first-order valence-corrected chi connectivity index (χ1v) is 6.88. The summed E-state index contributed by atoms with van der Waals surface area (Å²) in [4.78, 5) is 0. The molecule has 2 rings (SSSR count). The van der Waals surface area contributed by atoms with E-state index in [1.807, 2.05) is 0 Å². The first-order valence-electron chi connectivity index (χ1n) is 6.88. The third kappa shape index (κ3) is 3.55. The van der Waals surface area contributed by atoms with Gasteiger partial charge in [0.25, 0.3) is 0 Å². The van der Waals surface area contributed by atoms with Crippen molar-refractivity contribution in [2.45, 2.75) is 45.3 Å². The van der Waals surface area contributed by atoms with Crippen LogP contribution in [0.2, 0.25) is 0 Å². The Morgan fingerprint density at radius 3 is 2.50 bits per heavy atom. The first kappa shape index (κ1) is 13.5. The molecule has 0 amide bonds. The Morgan fingerprint density at radius 1 is 1.33 bits per heavy atom. The molecule has 1 aliphatic rings. The zero-order chi connectivity index (χ0) is 13.0. The Morgan fingerprint density at radius 2 is 2.00 bits per heavy atom. The molecule has 2 atom stereocenters. The van der Waals surface area contributed by atoms with Crippen molar-refractivity contribution in [3.05, 3.63) is 35.4 Å². The maximum absolute atomic E-state index is 5.87. The van der Waals surface area contributed by atoms with Gasteiger partial charge in [-0.2, -0.15) is 0 Å². The van der Waals surface area contributed by atoms with E-state index in [0.717, 1.165) is 13.0 Å². The number of nitrogens with two attached hydrogens (primary N) is 1. The van der Waals surface area contributed by atoms with Crippen molar-refractivity contribution >= 4 is 0 Å². The maximum Gasteiger partial charge on any atom is 0.0772 e. The zero-order valence-electron chi connectivity index (χ0n) is 11.4. The maximum atomic E-state index is 5.87. The third-order valence-electron chi connectivity index (χ3n) is 3.63. The molecule has 100 valence electrons. The number of ether oxygens (including phenoxy) is 1. The summed E-state index contributed by atoms with van der Waals surface area (Å²) in [6, 6.07) is 8.86. The Balaban J connectivity index is 2.00. The van der Waals surface area contributed by atoms with Gasteiger partial charge in [-0.1, -0.05) is 29.8 Å². The minimum atomic E-state index is 0.208. The molecule has 0 heterocycles. The van der Waals surface area contributed by atoms with Gasteiger partial charge in [0.15, 0.2) is 0 Å². The second-order valence-corrected chi connectivity index (χ2v) is 5.22. The molecule has 2 unspecified atom stereocenters. The minimum absolute atomic E-state index is 0.208. The normalized spacial score (nSPS) is 18.6. The van der Waals surface area contributed by atoms with Crippen LogP contribution in [0.4, 0.5) is 0 Å². The van der Waals surface area contributed by atoms with Gasteiger partial charge in [-0.15, -0.1) is 0 Å². The van der Waals surface area contributed by atoms with Crippen molar-refractivity contribution < 1.29 is 4.74 Å². The molecule has 3 N–H and O–H groups in total. The molecule has 1 aliphatic carbocycles. The largest absolute Gasteiger partial charge is 0.377 e. The van der Waals surface area contributed by atoms with Crippen molar-refractivity contribution in [2.24, 2.45) is 11.8 Å². The number of hydrogen-bond donors (Lipinski definition) is 2. The number of rotatable bonds is 7. The van der Waals surface area contributed by atoms with Crippen LogP contribution in [0, 0.1) is 12.8 Å². The average Bonchev–Trinajstić information content (AvgIpc) is 3.20. The molecule has 0 aromatic heterocycles. The molecule has 1 aromatic carbocycles. The van der Waals surface area contributed by atoms with Crippen molar-refractivity contribution in [1.29, 1.82) is 0 Å². The fourth-order valence-corrected chi connectivity index (χ4v) is 2.45. The van der Waals surface area contributed by atoms with E-state index in [-0.39, 0.29) is 12.1 Å². The van der Waals surface area contributed by atoms with E-state index in [1.54, 1.807) is 0 Å². The molecule has 0 aliphatic heterocycles. The Labute approximate surface area is 110 Å². The van der Waals surface area contributed by atoms with Crippen LogP contribution in [0.15, 0.2) is 24.3 Å². The average molecular weight is 248 g/mol. The van der Waals surface area contributed by atoms with E-state index in [1.165, 1.54) is 24.0 Å². The number of nitrogens with one attached hydrogen (secondary N) is 1. The zero-order valence-corrected chi connectivity index (χ0v) is 11.4. The highest BCUT2D eigenvalue weighted by Gasteiger charge is 2.36. The lowest BCUT2D eigenvalue weighted by Gasteiger charge is -2.26. The van der Waals surface area contributed by atoms with Crippen LogP contribution in [-0.2, 0) is 11.2 Å². The molecule has 3 heteroatoms. The number of hydrogen-bond acceptors (Lipinski definition) is 3. The standard InChI is InChI=1S/C15H24N2O/c1-3-18-15(13-8-9-13)14(17-16)10-12-6-4-11(2)5-7-12/h4-7,13-15,17H,3,8-10,16H2,1-2H3. The van der Waals surface area contributed by atoms with E-state index in [9.17, 15) is 0 Å². The van der Waals surface area contributed by atoms with Crippen molar-refractivity contribution in [3.63, 3.8) is 0 Å². The first-order chi connectivity index (χ1) is 8.74. The fourth-order valence-electron chi connectivity index (χ4n) is 2.45. The molecule has 1 fully saturated rings. The van der Waals surface area contributed by atoms with Gasteiger partial charge < -0.3 is 4.74 Å². The SMILES string of the molecule is CCOC(C1CC1)C(Cc1ccc(C)cc1)NN. The highest BCUT2D eigenvalue weighted by atomic mass is 16.5. The Hall–Kier alpha value is -0.900. The molecule has 0 bridgehead atoms. The summed E-state index contributed by atoms with van der Waals surface area (Å²) in [5, 5.41) is 0. The molecule has 0 spiro atoms. The number of aryl methyl sites for hydroxylation is 1. The Kier molecular flexibility index (Phi) is 4.75. The van der Waals surface area contributed by atoms with Gasteiger partial charge in [-0.25, -0.2) is 0 Å². The quantitative estimate of drug-likeness (QED) is 0.574. The van der Waals surface area contributed by atoms with Crippen LogP contribution >= 0.6 is 0 Å². The number of hydrazine groups is 1. The molecular weight excluding hydrogens is 224 g/mol. The van der Waals surface area contributed by atoms with E-state index in [2.05, 4.69) is 43.5 Å². The predicted octanol–water partition coefficient (Wildman–Crippen LogP) is 2.18. The van der Waals surface area contributed by atoms with Gasteiger partial charge in [0.2, 0.25) is 0 Å². The lowest BCUT2D eigenvalue weighted by molar-refractivity contribution is 0.0192. The molecule has 0 saturated heterocycles. The molecule has 0 radical (unpaired) electrons. The van der Waals surface area contributed by atoms with Crippen LogP contribution in [-0.4, -0.2) is 18.8 Å². The third-order valence-corrected chi connectivity index (χ3v) is 3.63. The summed E-state index contributed by atoms with van der Waals surface area (Å²) in [5.41, 5.74) is 5.55. The monoisotopic (exact) mass is 248 g/mol. The van der Waals surface area contributed by atoms with Crippen LogP contribution in [0.25, 0.3) is 0 Å². The van der Waals surface area contributed by atoms with E-state index < -0.39 is 0 Å². The fraction of sp³-hybridized carbons (Fsp3) is 0.600. The van der Waals surface area contributed by atoms with Crippen LogP contribution < -0.4 is 11.3 Å². The summed E-state index contributed by atoms with van der Waals surface area (Å²) >= 11 is 0. The lowest BCUT2D eigenvalue weighted by atomic mass is 9.98. The molecule has 1 saturated carbocycles. The van der Waals surface area contributed by atoms with E-state index in [0.29, 0.717) is 5.92 Å². The summed E-state index contributed by atoms with van der Waals surface area (Å²) < 4.78 is 5.87. The highest BCUT2D eigenvalue weighted by Crippen LogP contribution is 2.36. The van der Waals surface area contributed by atoms with Gasteiger partial charge in [0.1, 0.15) is 0 Å². The van der Waals surface area contributed by atoms with Crippen molar-refractivity contribution in [2.75, 3.05) is 6.61 Å². The summed E-state index contributed by atoms with van der Waals surface area (Å²) in [6.45, 7) is 4.91. The summed E-state index contributed by atoms with van der Waals surface area (Å²) in [5.74, 6) is 6.41.